The van der Waals surface area contributed by atoms with E-state index < -0.39 is 17.5 Å². The molecule has 0 saturated carbocycles. The third-order valence-electron chi connectivity index (χ3n) is 7.09. The molecule has 2 aliphatic rings. The molecule has 2 heterocycles. The molecule has 0 unspecified atom stereocenters. The summed E-state index contributed by atoms with van der Waals surface area (Å²) in [6.45, 7) is 3.69. The van der Waals surface area contributed by atoms with Gasteiger partial charge in [-0.1, -0.05) is 71.7 Å². The van der Waals surface area contributed by atoms with Crippen LogP contribution in [-0.2, 0) is 11.3 Å². The molecule has 3 amide bonds. The van der Waals surface area contributed by atoms with Crippen LogP contribution in [0.15, 0.2) is 72.8 Å². The van der Waals surface area contributed by atoms with Gasteiger partial charge in [-0.2, -0.15) is 5.26 Å². The number of halogens is 2. The fourth-order valence-electron chi connectivity index (χ4n) is 5.64. The first-order valence-electron chi connectivity index (χ1n) is 11.8. The molecular weight excluding hydrogens is 495 g/mol. The summed E-state index contributed by atoms with van der Waals surface area (Å²) >= 11 is 12.5. The van der Waals surface area contributed by atoms with Gasteiger partial charge in [0.2, 0.25) is 0 Å². The van der Waals surface area contributed by atoms with Crippen LogP contribution in [0.3, 0.4) is 0 Å². The second kappa shape index (κ2) is 9.59. The van der Waals surface area contributed by atoms with Crippen LogP contribution in [0.5, 0.6) is 0 Å². The van der Waals surface area contributed by atoms with Crippen LogP contribution in [-0.4, -0.2) is 46.9 Å². The lowest BCUT2D eigenvalue weighted by molar-refractivity contribution is -0.125. The molecule has 8 heteroatoms. The van der Waals surface area contributed by atoms with Crippen molar-refractivity contribution in [2.45, 2.75) is 24.9 Å². The average Bonchev–Trinajstić information content (AvgIpc) is 3.33. The smallest absolute Gasteiger partial charge is 0.307 e. The minimum absolute atomic E-state index is 0.332. The van der Waals surface area contributed by atoms with Crippen LogP contribution in [0.1, 0.15) is 29.5 Å². The number of likely N-dealkylation sites (N-methyl/N-ethyl adjacent to an activating group) is 1. The zero-order valence-electron chi connectivity index (χ0n) is 19.7. The molecule has 2 aliphatic heterocycles. The lowest BCUT2D eigenvalue weighted by atomic mass is 9.79. The fraction of sp³-hybridized carbons (Fsp3) is 0.250. The Balaban J connectivity index is 1.65. The van der Waals surface area contributed by atoms with Gasteiger partial charge >= 0.3 is 6.03 Å². The van der Waals surface area contributed by atoms with E-state index >= 15 is 0 Å². The van der Waals surface area contributed by atoms with E-state index in [1.165, 1.54) is 4.90 Å². The van der Waals surface area contributed by atoms with Crippen molar-refractivity contribution in [1.82, 2.24) is 9.80 Å². The lowest BCUT2D eigenvalue weighted by Gasteiger charge is -2.36. The van der Waals surface area contributed by atoms with E-state index in [-0.39, 0.29) is 5.91 Å². The zero-order valence-corrected chi connectivity index (χ0v) is 21.2. The molecule has 6 nitrogen and oxygen atoms in total. The number of imide groups is 1. The fourth-order valence-corrected chi connectivity index (χ4v) is 6.15. The highest BCUT2D eigenvalue weighted by Crippen LogP contribution is 2.48. The summed E-state index contributed by atoms with van der Waals surface area (Å²) in [4.78, 5) is 33.2. The van der Waals surface area contributed by atoms with Gasteiger partial charge in [-0.05, 0) is 42.3 Å². The number of anilines is 1. The van der Waals surface area contributed by atoms with Crippen molar-refractivity contribution in [3.8, 4) is 6.07 Å². The van der Waals surface area contributed by atoms with Gasteiger partial charge in [0.15, 0.2) is 0 Å². The number of likely N-dealkylation sites (tertiary alicyclic amines) is 1. The second-order valence-corrected chi connectivity index (χ2v) is 10.00. The van der Waals surface area contributed by atoms with E-state index in [0.29, 0.717) is 47.5 Å². The Bertz CT molecular complexity index is 1350. The van der Waals surface area contributed by atoms with Crippen molar-refractivity contribution in [3.63, 3.8) is 0 Å². The summed E-state index contributed by atoms with van der Waals surface area (Å²) in [5.41, 5.74) is 1.54. The first kappa shape index (κ1) is 24.3. The predicted octanol–water partition coefficient (Wildman–Crippen LogP) is 5.69. The summed E-state index contributed by atoms with van der Waals surface area (Å²) in [6.07, 6.45) is 0. The number of carbonyl (C=O) groups is 2. The van der Waals surface area contributed by atoms with E-state index in [4.69, 9.17) is 23.2 Å². The molecule has 0 bridgehead atoms. The van der Waals surface area contributed by atoms with Crippen LogP contribution < -0.4 is 4.90 Å². The second-order valence-electron chi connectivity index (χ2n) is 9.13. The molecule has 3 aromatic carbocycles. The molecule has 2 fully saturated rings. The van der Waals surface area contributed by atoms with Gasteiger partial charge in [0, 0.05) is 42.1 Å². The Morgan fingerprint density at radius 2 is 1.67 bits per heavy atom. The molecule has 182 valence electrons. The zero-order chi connectivity index (χ0) is 25.4. The quantitative estimate of drug-likeness (QED) is 0.406. The van der Waals surface area contributed by atoms with Crippen LogP contribution in [0.2, 0.25) is 10.0 Å². The average molecular weight is 519 g/mol. The van der Waals surface area contributed by atoms with E-state index in [9.17, 15) is 14.9 Å². The molecule has 0 aliphatic carbocycles. The first-order chi connectivity index (χ1) is 17.4. The molecule has 1 spiro atoms. The Labute approximate surface area is 220 Å². The topological polar surface area (TPSA) is 67.7 Å². The Hall–Kier alpha value is -3.37. The molecule has 3 aromatic rings. The third kappa shape index (κ3) is 3.94. The highest BCUT2D eigenvalue weighted by Gasteiger charge is 2.65. The van der Waals surface area contributed by atoms with Crippen molar-refractivity contribution < 1.29 is 9.59 Å². The number of nitrogens with zero attached hydrogens (tertiary/aromatic N) is 4. The number of carbonyl (C=O) groups excluding carboxylic acids is 2. The normalized spacial score (nSPS) is 22.0. The van der Waals surface area contributed by atoms with E-state index in [2.05, 4.69) is 11.0 Å². The summed E-state index contributed by atoms with van der Waals surface area (Å²) < 4.78 is 0. The van der Waals surface area contributed by atoms with Crippen molar-refractivity contribution >= 4 is 40.8 Å². The minimum atomic E-state index is -1.18. The summed E-state index contributed by atoms with van der Waals surface area (Å²) in [5.74, 6) is -0.728. The van der Waals surface area contributed by atoms with Gasteiger partial charge in [0.25, 0.3) is 5.91 Å². The molecular formula is C28H24Cl2N4O2. The molecule has 0 radical (unpaired) electrons. The Morgan fingerprint density at radius 3 is 2.33 bits per heavy atom. The van der Waals surface area contributed by atoms with Gasteiger partial charge in [-0.25, -0.2) is 9.69 Å². The first-order valence-corrected chi connectivity index (χ1v) is 12.5. The highest BCUT2D eigenvalue weighted by atomic mass is 35.5. The van der Waals surface area contributed by atoms with Gasteiger partial charge in [0.1, 0.15) is 5.54 Å². The van der Waals surface area contributed by atoms with E-state index in [1.54, 1.807) is 29.2 Å². The summed E-state index contributed by atoms with van der Waals surface area (Å²) in [5, 5.41) is 10.6. The number of hydrogen-bond donors (Lipinski definition) is 0. The molecule has 0 N–H and O–H groups in total. The highest BCUT2D eigenvalue weighted by molar-refractivity contribution is 6.35. The Morgan fingerprint density at radius 1 is 1.00 bits per heavy atom. The number of urea groups is 1. The maximum Gasteiger partial charge on any atom is 0.332 e. The monoisotopic (exact) mass is 518 g/mol. The van der Waals surface area contributed by atoms with Crippen LogP contribution in [0.25, 0.3) is 0 Å². The van der Waals surface area contributed by atoms with Crippen molar-refractivity contribution in [2.75, 3.05) is 24.5 Å². The van der Waals surface area contributed by atoms with E-state index in [0.717, 1.165) is 11.1 Å². The van der Waals surface area contributed by atoms with Crippen molar-refractivity contribution in [1.29, 1.82) is 5.26 Å². The number of amides is 3. The molecule has 5 rings (SSSR count). The summed E-state index contributed by atoms with van der Waals surface area (Å²) in [6, 6.07) is 23.9. The minimum Gasteiger partial charge on any atom is -0.307 e. The Kier molecular flexibility index (Phi) is 6.48. The van der Waals surface area contributed by atoms with Gasteiger partial charge in [0.05, 0.1) is 17.3 Å². The van der Waals surface area contributed by atoms with Crippen LogP contribution >= 0.6 is 23.2 Å². The van der Waals surface area contributed by atoms with Gasteiger partial charge in [-0.15, -0.1) is 0 Å². The standard InChI is InChI=1S/C28H24Cl2N4O2/c1-2-33-27(36)34(23-13-21(29)12-22(30)14-23)26(35)28(33)18-32(16-19-8-4-3-5-9-19)17-25(28)24-11-7-6-10-20(24)15-31/h3-14,25H,2,16-18H2,1H3/t25-,28-/m1/s1. The predicted molar refractivity (Wildman–Crippen MR) is 140 cm³/mol. The number of hydrogen-bond acceptors (Lipinski definition) is 4. The SMILES string of the molecule is CCN1C(=O)N(c2cc(Cl)cc(Cl)c2)C(=O)[C@]12CN(Cc1ccccc1)C[C@@H]2c1ccccc1C#N. The van der Waals surface area contributed by atoms with Gasteiger partial charge < -0.3 is 4.90 Å². The maximum atomic E-state index is 14.4. The largest absolute Gasteiger partial charge is 0.332 e. The maximum absolute atomic E-state index is 14.4. The number of nitriles is 1. The molecule has 2 saturated heterocycles. The molecule has 0 aromatic heterocycles. The number of rotatable bonds is 5. The molecule has 36 heavy (non-hydrogen) atoms. The van der Waals surface area contributed by atoms with Crippen molar-refractivity contribution in [2.24, 2.45) is 0 Å². The molecule has 2 atom stereocenters. The lowest BCUT2D eigenvalue weighted by Crippen LogP contribution is -2.55. The van der Waals surface area contributed by atoms with Gasteiger partial charge in [-0.3, -0.25) is 9.69 Å². The summed E-state index contributed by atoms with van der Waals surface area (Å²) in [7, 11) is 0. The van der Waals surface area contributed by atoms with Crippen LogP contribution in [0, 0.1) is 11.3 Å². The van der Waals surface area contributed by atoms with Crippen molar-refractivity contribution in [3.05, 3.63) is 99.5 Å². The van der Waals surface area contributed by atoms with Crippen LogP contribution in [0.4, 0.5) is 10.5 Å². The van der Waals surface area contributed by atoms with E-state index in [1.807, 2.05) is 55.5 Å². The number of benzene rings is 3. The third-order valence-corrected chi connectivity index (χ3v) is 7.52.